The summed E-state index contributed by atoms with van der Waals surface area (Å²) >= 11 is 0. The van der Waals surface area contributed by atoms with Crippen LogP contribution < -0.4 is 0 Å². The van der Waals surface area contributed by atoms with Crippen molar-refractivity contribution in [1.82, 2.24) is 0 Å². The molecule has 57 heavy (non-hydrogen) atoms. The highest BCUT2D eigenvalue weighted by Crippen LogP contribution is 2.76. The first-order valence-electron chi connectivity index (χ1n) is 21.0. The summed E-state index contributed by atoms with van der Waals surface area (Å²) in [6, 6.07) is 0. The monoisotopic (exact) mass is 810 g/mol. The molecule has 0 spiro atoms. The summed E-state index contributed by atoms with van der Waals surface area (Å²) in [5.41, 5.74) is -2.26. The normalized spacial score (nSPS) is 53.3. The number of ether oxygens (including phenoxy) is 4. The summed E-state index contributed by atoms with van der Waals surface area (Å²) < 4.78 is 23.5. The van der Waals surface area contributed by atoms with E-state index in [0.717, 1.165) is 19.3 Å². The second-order valence-corrected chi connectivity index (χ2v) is 20.4. The maximum atomic E-state index is 14.6. The minimum absolute atomic E-state index is 0.0783. The number of rotatable bonds is 7. The Morgan fingerprint density at radius 2 is 1.30 bits per heavy atom. The van der Waals surface area contributed by atoms with Gasteiger partial charge in [0.05, 0.1) is 30.1 Å². The molecule has 0 unspecified atom stereocenters. The van der Waals surface area contributed by atoms with Gasteiger partial charge in [0.1, 0.15) is 48.8 Å². The molecule has 0 aromatic rings. The van der Waals surface area contributed by atoms with E-state index in [9.17, 15) is 55.5 Å². The molecule has 0 radical (unpaired) electrons. The molecular weight excluding hydrogens is 744 g/mol. The summed E-state index contributed by atoms with van der Waals surface area (Å²) in [5.74, 6) is -1.98. The fourth-order valence-corrected chi connectivity index (χ4v) is 13.5. The van der Waals surface area contributed by atoms with E-state index in [1.165, 1.54) is 5.57 Å². The minimum atomic E-state index is -1.70. The topological polar surface area (TPSA) is 253 Å². The van der Waals surface area contributed by atoms with Crippen LogP contribution in [0.1, 0.15) is 106 Å². The number of hydrogen-bond donors (Lipinski definition) is 9. The summed E-state index contributed by atoms with van der Waals surface area (Å²) in [6.45, 7) is 11.7. The number of esters is 1. The summed E-state index contributed by atoms with van der Waals surface area (Å²) in [6.07, 6.45) is -7.58. The van der Waals surface area contributed by atoms with Crippen LogP contribution in [-0.2, 0) is 28.5 Å². The number of carbonyl (C=O) groups is 2. The lowest BCUT2D eigenvalue weighted by molar-refractivity contribution is -0.329. The van der Waals surface area contributed by atoms with E-state index in [1.807, 2.05) is 0 Å². The second kappa shape index (κ2) is 14.7. The van der Waals surface area contributed by atoms with Gasteiger partial charge in [0.25, 0.3) is 0 Å². The van der Waals surface area contributed by atoms with Gasteiger partial charge >= 0.3 is 11.9 Å². The second-order valence-electron chi connectivity index (χ2n) is 20.4. The maximum absolute atomic E-state index is 14.6. The van der Waals surface area contributed by atoms with Gasteiger partial charge in [-0.2, -0.15) is 0 Å². The number of carbonyl (C=O) groups excluding carboxylic acids is 1. The number of aliphatic carboxylic acids is 1. The van der Waals surface area contributed by atoms with Gasteiger partial charge in [0.2, 0.25) is 6.29 Å². The highest BCUT2D eigenvalue weighted by Gasteiger charge is 2.71. The van der Waals surface area contributed by atoms with Crippen LogP contribution >= 0.6 is 0 Å². The summed E-state index contributed by atoms with van der Waals surface area (Å²) in [7, 11) is 0. The highest BCUT2D eigenvalue weighted by atomic mass is 16.7. The van der Waals surface area contributed by atoms with E-state index >= 15 is 0 Å². The van der Waals surface area contributed by atoms with Crippen molar-refractivity contribution in [3.63, 3.8) is 0 Å². The Labute approximate surface area is 334 Å². The van der Waals surface area contributed by atoms with Crippen LogP contribution in [0.3, 0.4) is 0 Å². The number of allylic oxidation sites excluding steroid dienone is 2. The summed E-state index contributed by atoms with van der Waals surface area (Å²) in [5, 5.41) is 93.7. The van der Waals surface area contributed by atoms with Crippen LogP contribution in [0.25, 0.3) is 0 Å². The third-order valence-electron chi connectivity index (χ3n) is 17.3. The zero-order valence-electron chi connectivity index (χ0n) is 34.1. The van der Waals surface area contributed by atoms with Crippen LogP contribution in [-0.4, -0.2) is 139 Å². The SMILES string of the molecule is CC1(C)CC[C@@]2(C(=O)O[C@H]3O[C@@H](CO)[C@H](O)[C@@H](O)[C@@H]3O)CC[C@]3(C)C(=CC[C@@H]4[C@@]5(C)CC[C@@H](O[C@H]6O[C@@H](CO)[C@H](O)[C@@H](O)[C@@H]6O)[C@](C)(C(=O)O)[C@@H]5CC[C@]43C)[C@H]2C1. The van der Waals surface area contributed by atoms with Crippen LogP contribution in [0.2, 0.25) is 0 Å². The molecule has 7 aliphatic rings. The lowest BCUT2D eigenvalue weighted by Crippen LogP contribution is -2.67. The zero-order valence-corrected chi connectivity index (χ0v) is 34.1. The van der Waals surface area contributed by atoms with Crippen molar-refractivity contribution in [2.75, 3.05) is 13.2 Å². The molecule has 4 saturated carbocycles. The molecule has 324 valence electrons. The van der Waals surface area contributed by atoms with Gasteiger partial charge in [-0.05, 0) is 111 Å². The van der Waals surface area contributed by atoms with Crippen molar-refractivity contribution in [3.8, 4) is 0 Å². The predicted molar refractivity (Wildman–Crippen MR) is 200 cm³/mol. The van der Waals surface area contributed by atoms with E-state index in [1.54, 1.807) is 6.92 Å². The quantitative estimate of drug-likeness (QED) is 0.100. The number of carboxylic acid groups (broad SMARTS) is 1. The Morgan fingerprint density at radius 1 is 0.719 bits per heavy atom. The standard InChI is InChI=1S/C42H66O15/c1-37(2)13-15-42(36(53)57-34-32(50)30(48)28(46)23(19-44)55-34)16-14-39(4)20(21(42)17-37)7-8-24-38(3)11-10-26(41(6,35(51)52)25(38)9-12-40(24,39)5)56-33-31(49)29(47)27(45)22(18-43)54-33/h7,21-34,43-50H,8-19H2,1-6H3,(H,51,52)/t21-,22+,23+,24-,25-,26-,27+,28+,29-,30-,31+,32+,33-,34-,38-,39-,40-,41-,42-/m1/s1. The average molecular weight is 811 g/mol. The molecule has 15 nitrogen and oxygen atoms in total. The number of fused-ring (bicyclic) bond motifs is 7. The number of hydrogen-bond acceptors (Lipinski definition) is 14. The Kier molecular flexibility index (Phi) is 11.2. The fraction of sp³-hybridized carbons (Fsp3) is 0.905. The van der Waals surface area contributed by atoms with Gasteiger partial charge in [-0.25, -0.2) is 0 Å². The maximum Gasteiger partial charge on any atom is 0.315 e. The molecule has 0 amide bonds. The Balaban J connectivity index is 1.19. The molecule has 0 bridgehead atoms. The molecule has 2 aliphatic heterocycles. The first kappa shape index (κ1) is 43.3. The molecule has 7 rings (SSSR count). The van der Waals surface area contributed by atoms with Gasteiger partial charge < -0.3 is 64.9 Å². The largest absolute Gasteiger partial charge is 0.481 e. The van der Waals surface area contributed by atoms with E-state index in [-0.39, 0.29) is 34.0 Å². The molecule has 6 fully saturated rings. The van der Waals surface area contributed by atoms with E-state index < -0.39 is 109 Å². The molecule has 0 aromatic carbocycles. The lowest BCUT2D eigenvalue weighted by Gasteiger charge is -2.71. The van der Waals surface area contributed by atoms with Gasteiger partial charge in [-0.15, -0.1) is 0 Å². The van der Waals surface area contributed by atoms with E-state index in [4.69, 9.17) is 18.9 Å². The Morgan fingerprint density at radius 3 is 1.89 bits per heavy atom. The molecule has 0 aromatic heterocycles. The van der Waals surface area contributed by atoms with Crippen LogP contribution in [0.15, 0.2) is 11.6 Å². The van der Waals surface area contributed by atoms with Crippen LogP contribution in [0, 0.1) is 50.2 Å². The molecule has 5 aliphatic carbocycles. The zero-order chi connectivity index (χ0) is 41.8. The van der Waals surface area contributed by atoms with E-state index in [0.29, 0.717) is 44.9 Å². The predicted octanol–water partition coefficient (Wildman–Crippen LogP) is 1.38. The Hall–Kier alpha value is -1.76. The highest BCUT2D eigenvalue weighted by molar-refractivity contribution is 5.79. The minimum Gasteiger partial charge on any atom is -0.481 e. The third-order valence-corrected chi connectivity index (χ3v) is 17.3. The van der Waals surface area contributed by atoms with Gasteiger partial charge in [0.15, 0.2) is 6.29 Å². The smallest absolute Gasteiger partial charge is 0.315 e. The Bertz CT molecular complexity index is 1580. The van der Waals surface area contributed by atoms with E-state index in [2.05, 4.69) is 40.7 Å². The first-order chi connectivity index (χ1) is 26.6. The van der Waals surface area contributed by atoms with Gasteiger partial charge in [-0.3, -0.25) is 9.59 Å². The first-order valence-corrected chi connectivity index (χ1v) is 21.0. The lowest BCUT2D eigenvalue weighted by atomic mass is 9.33. The van der Waals surface area contributed by atoms with Crippen molar-refractivity contribution < 1.29 is 74.5 Å². The molecule has 2 saturated heterocycles. The molecule has 15 heteroatoms. The number of aliphatic hydroxyl groups excluding tert-OH is 8. The third kappa shape index (κ3) is 6.30. The van der Waals surface area contributed by atoms with Gasteiger partial charge in [0, 0.05) is 0 Å². The van der Waals surface area contributed by atoms with Crippen LogP contribution in [0.4, 0.5) is 0 Å². The van der Waals surface area contributed by atoms with Crippen molar-refractivity contribution in [3.05, 3.63) is 11.6 Å². The molecule has 2 heterocycles. The fourth-order valence-electron chi connectivity index (χ4n) is 13.5. The van der Waals surface area contributed by atoms with Crippen molar-refractivity contribution >= 4 is 11.9 Å². The molecule has 9 N–H and O–H groups in total. The molecule has 19 atom stereocenters. The van der Waals surface area contributed by atoms with Crippen LogP contribution in [0.5, 0.6) is 0 Å². The van der Waals surface area contributed by atoms with Crippen molar-refractivity contribution in [2.24, 2.45) is 50.2 Å². The van der Waals surface area contributed by atoms with Gasteiger partial charge in [-0.1, -0.05) is 46.3 Å². The number of carboxylic acids is 1. The van der Waals surface area contributed by atoms with Crippen molar-refractivity contribution in [1.29, 1.82) is 0 Å². The molecular formula is C42H66O15. The summed E-state index contributed by atoms with van der Waals surface area (Å²) in [4.78, 5) is 28.1. The van der Waals surface area contributed by atoms with Crippen molar-refractivity contribution in [2.45, 2.75) is 173 Å². The average Bonchev–Trinajstić information content (AvgIpc) is 3.16. The number of aliphatic hydroxyl groups is 8.